The van der Waals surface area contributed by atoms with E-state index in [0.29, 0.717) is 22.4 Å². The Hall–Kier alpha value is -5.33. The summed E-state index contributed by atoms with van der Waals surface area (Å²) in [7, 11) is 0. The molecule has 5 aromatic rings. The first-order chi connectivity index (χ1) is 22.7. The Kier molecular flexibility index (Phi) is 9.14. The van der Waals surface area contributed by atoms with Crippen molar-refractivity contribution < 1.29 is 24.4 Å². The number of Topliss-reactive ketones (excluding diaryl/α,β-unsaturated/α-hetero) is 1. The number of aliphatic hydroxyl groups is 1. The molecular weight excluding hydrogens is 637 g/mol. The molecule has 0 saturated carbocycles. The zero-order valence-corrected chi connectivity index (χ0v) is 27.0. The Balaban J connectivity index is 1.33. The molecule has 1 atom stereocenters. The zero-order chi connectivity index (χ0) is 33.1. The number of nitro groups is 1. The van der Waals surface area contributed by atoms with E-state index in [1.807, 2.05) is 62.4 Å². The Bertz CT molecular complexity index is 2010. The fraction of sp³-hybridized carbons (Fsp3) is 0.143. The van der Waals surface area contributed by atoms with Crippen LogP contribution >= 0.6 is 23.1 Å². The van der Waals surface area contributed by atoms with Gasteiger partial charge in [0.1, 0.15) is 18.1 Å². The van der Waals surface area contributed by atoms with Gasteiger partial charge in [-0.1, -0.05) is 89.3 Å². The average Bonchev–Trinajstić information content (AvgIpc) is 3.65. The van der Waals surface area contributed by atoms with Gasteiger partial charge in [-0.3, -0.25) is 24.6 Å². The van der Waals surface area contributed by atoms with Crippen LogP contribution in [0.15, 0.2) is 107 Å². The van der Waals surface area contributed by atoms with Gasteiger partial charge in [-0.05, 0) is 60.4 Å². The van der Waals surface area contributed by atoms with E-state index < -0.39 is 28.4 Å². The normalized spacial score (nSPS) is 15.6. The molecule has 4 aromatic carbocycles. The standard InChI is InChI=1S/C35H28N4O6S2/c1-21-10-12-23(13-11-21)20-46-35-37-36-34(47-35)38-30(25-8-5-9-27(18-25)39(43)44)29(32(41)33(38)42)31(40)24-14-16-28(17-15-24)45-19-26-7-4-3-6-22(26)2/h3-18,30,40H,19-20H2,1-2H3. The number of anilines is 1. The topological polar surface area (TPSA) is 136 Å². The van der Waals surface area contributed by atoms with Crippen LogP contribution in [-0.2, 0) is 21.9 Å². The number of rotatable bonds is 10. The fourth-order valence-electron chi connectivity index (χ4n) is 5.14. The molecule has 236 valence electrons. The maximum Gasteiger partial charge on any atom is 0.301 e. The summed E-state index contributed by atoms with van der Waals surface area (Å²) in [4.78, 5) is 39.4. The van der Waals surface area contributed by atoms with Crippen LogP contribution in [0.5, 0.6) is 5.75 Å². The number of ether oxygens (including phenoxy) is 1. The van der Waals surface area contributed by atoms with Gasteiger partial charge in [0.2, 0.25) is 5.13 Å². The third-order valence-electron chi connectivity index (χ3n) is 7.71. The van der Waals surface area contributed by atoms with E-state index >= 15 is 0 Å². The summed E-state index contributed by atoms with van der Waals surface area (Å²) in [5.41, 5.74) is 4.46. The number of hydrogen-bond acceptors (Lipinski definition) is 10. The molecule has 1 saturated heterocycles. The van der Waals surface area contributed by atoms with Gasteiger partial charge >= 0.3 is 5.91 Å². The smallest absolute Gasteiger partial charge is 0.301 e. The maximum absolute atomic E-state index is 13.6. The summed E-state index contributed by atoms with van der Waals surface area (Å²) in [6.45, 7) is 4.36. The number of aromatic nitrogens is 2. The number of nitrogens with zero attached hydrogens (tertiary/aromatic N) is 4. The largest absolute Gasteiger partial charge is 0.507 e. The molecule has 12 heteroatoms. The first kappa shape index (κ1) is 31.6. The predicted molar refractivity (Wildman–Crippen MR) is 180 cm³/mol. The summed E-state index contributed by atoms with van der Waals surface area (Å²) in [6.07, 6.45) is 0. The van der Waals surface area contributed by atoms with E-state index in [1.54, 1.807) is 30.3 Å². The SMILES string of the molecule is Cc1ccc(CSc2nnc(N3C(=O)C(=O)C(=C(O)c4ccc(OCc5ccccc5C)cc4)C3c3cccc([N+](=O)[O-])c3)s2)cc1. The van der Waals surface area contributed by atoms with Crippen LogP contribution in [0.4, 0.5) is 10.8 Å². The number of thioether (sulfide) groups is 1. The molecular formula is C35H28N4O6S2. The molecule has 1 amide bonds. The minimum Gasteiger partial charge on any atom is -0.507 e. The average molecular weight is 665 g/mol. The second-order valence-corrected chi connectivity index (χ2v) is 13.1. The molecule has 1 fully saturated rings. The summed E-state index contributed by atoms with van der Waals surface area (Å²) in [5, 5.41) is 31.8. The van der Waals surface area contributed by atoms with Crippen molar-refractivity contribution >= 4 is 51.4 Å². The Morgan fingerprint density at radius 1 is 0.979 bits per heavy atom. The van der Waals surface area contributed by atoms with Gasteiger partial charge in [0.15, 0.2) is 4.34 Å². The molecule has 0 spiro atoms. The van der Waals surface area contributed by atoms with Gasteiger partial charge in [0.25, 0.3) is 11.5 Å². The number of carbonyl (C=O) groups is 2. The quantitative estimate of drug-likeness (QED) is 0.0305. The van der Waals surface area contributed by atoms with Crippen molar-refractivity contribution in [1.82, 2.24) is 10.2 Å². The number of carbonyl (C=O) groups excluding carboxylic acids is 2. The van der Waals surface area contributed by atoms with Crippen LogP contribution in [0.25, 0.3) is 5.76 Å². The highest BCUT2D eigenvalue weighted by molar-refractivity contribution is 8.00. The molecule has 10 nitrogen and oxygen atoms in total. The number of aryl methyl sites for hydroxylation is 2. The third kappa shape index (κ3) is 6.79. The molecule has 1 aliphatic heterocycles. The number of non-ortho nitro benzene ring substituents is 1. The number of amides is 1. The summed E-state index contributed by atoms with van der Waals surface area (Å²) in [6, 6.07) is 26.9. The van der Waals surface area contributed by atoms with Gasteiger partial charge in [-0.15, -0.1) is 10.2 Å². The first-order valence-corrected chi connectivity index (χ1v) is 16.3. The van der Waals surface area contributed by atoms with E-state index in [9.17, 15) is 24.8 Å². The first-order valence-electron chi connectivity index (χ1n) is 14.5. The molecule has 6 rings (SSSR count). The lowest BCUT2D eigenvalue weighted by Crippen LogP contribution is -2.29. The summed E-state index contributed by atoms with van der Waals surface area (Å²) in [5.74, 6) is -1.13. The third-order valence-corrected chi connectivity index (χ3v) is 9.84. The second-order valence-electron chi connectivity index (χ2n) is 10.9. The van der Waals surface area contributed by atoms with Crippen molar-refractivity contribution in [2.45, 2.75) is 36.6 Å². The number of benzene rings is 4. The molecule has 0 bridgehead atoms. The molecule has 1 aliphatic rings. The van der Waals surface area contributed by atoms with Gasteiger partial charge in [0.05, 0.1) is 16.5 Å². The summed E-state index contributed by atoms with van der Waals surface area (Å²) >= 11 is 2.55. The number of nitro benzene ring substituents is 1. The molecule has 47 heavy (non-hydrogen) atoms. The van der Waals surface area contributed by atoms with Crippen LogP contribution in [0, 0.1) is 24.0 Å². The fourth-order valence-corrected chi connectivity index (χ4v) is 6.96. The van der Waals surface area contributed by atoms with Crippen LogP contribution in [-0.4, -0.2) is 31.9 Å². The molecule has 0 aliphatic carbocycles. The van der Waals surface area contributed by atoms with Gasteiger partial charge in [-0.25, -0.2) is 0 Å². The van der Waals surface area contributed by atoms with Gasteiger partial charge < -0.3 is 9.84 Å². The lowest BCUT2D eigenvalue weighted by molar-refractivity contribution is -0.384. The van der Waals surface area contributed by atoms with Crippen LogP contribution in [0.2, 0.25) is 0 Å². The second kappa shape index (κ2) is 13.6. The minimum absolute atomic E-state index is 0.133. The van der Waals surface area contributed by atoms with Crippen LogP contribution in [0.3, 0.4) is 0 Å². The molecule has 1 N–H and O–H groups in total. The van der Waals surface area contributed by atoms with Crippen molar-refractivity contribution in [2.75, 3.05) is 4.90 Å². The lowest BCUT2D eigenvalue weighted by Gasteiger charge is -2.22. The number of ketones is 1. The van der Waals surface area contributed by atoms with Crippen LogP contribution in [0.1, 0.15) is 39.4 Å². The van der Waals surface area contributed by atoms with Gasteiger partial charge in [-0.2, -0.15) is 0 Å². The highest BCUT2D eigenvalue weighted by Gasteiger charge is 2.48. The van der Waals surface area contributed by atoms with Gasteiger partial charge in [0, 0.05) is 23.4 Å². The summed E-state index contributed by atoms with van der Waals surface area (Å²) < 4.78 is 6.49. The lowest BCUT2D eigenvalue weighted by atomic mass is 9.95. The molecule has 2 heterocycles. The Morgan fingerprint density at radius 3 is 2.45 bits per heavy atom. The monoisotopic (exact) mass is 664 g/mol. The van der Waals surface area contributed by atoms with E-state index in [4.69, 9.17) is 4.74 Å². The highest BCUT2D eigenvalue weighted by Crippen LogP contribution is 2.44. The van der Waals surface area contributed by atoms with Crippen molar-refractivity contribution in [3.8, 4) is 5.75 Å². The van der Waals surface area contributed by atoms with Crippen molar-refractivity contribution in [2.24, 2.45) is 0 Å². The predicted octanol–water partition coefficient (Wildman–Crippen LogP) is 7.56. The van der Waals surface area contributed by atoms with E-state index in [0.717, 1.165) is 38.5 Å². The number of hydrogen-bond donors (Lipinski definition) is 1. The molecule has 1 aromatic heterocycles. The minimum atomic E-state index is -1.19. The Labute approximate surface area is 278 Å². The van der Waals surface area contributed by atoms with E-state index in [1.165, 1.54) is 30.0 Å². The maximum atomic E-state index is 13.6. The van der Waals surface area contributed by atoms with Crippen molar-refractivity contribution in [3.63, 3.8) is 0 Å². The van der Waals surface area contributed by atoms with Crippen LogP contribution < -0.4 is 9.64 Å². The van der Waals surface area contributed by atoms with E-state index in [2.05, 4.69) is 10.2 Å². The zero-order valence-electron chi connectivity index (χ0n) is 25.3. The Morgan fingerprint density at radius 2 is 1.72 bits per heavy atom. The van der Waals surface area contributed by atoms with Crippen molar-refractivity contribution in [1.29, 1.82) is 0 Å². The molecule has 0 radical (unpaired) electrons. The highest BCUT2D eigenvalue weighted by atomic mass is 32.2. The number of aliphatic hydroxyl groups excluding tert-OH is 1. The van der Waals surface area contributed by atoms with E-state index in [-0.39, 0.29) is 27.5 Å². The van der Waals surface area contributed by atoms with Crippen molar-refractivity contribution in [3.05, 3.63) is 146 Å². The molecule has 1 unspecified atom stereocenters.